The smallest absolute Gasteiger partial charge is 0.340 e. The van der Waals surface area contributed by atoms with Crippen LogP contribution in [0.1, 0.15) is 39.0 Å². The number of ether oxygens (including phenoxy) is 2. The molecule has 24 heavy (non-hydrogen) atoms. The van der Waals surface area contributed by atoms with Gasteiger partial charge in [-0.15, -0.1) is 0 Å². The zero-order chi connectivity index (χ0) is 17.9. The predicted octanol–water partition coefficient (Wildman–Crippen LogP) is 4.49. The second-order valence-corrected chi connectivity index (χ2v) is 6.42. The summed E-state index contributed by atoms with van der Waals surface area (Å²) in [4.78, 5) is 27.3. The number of Topliss-reactive ketones (excluding diaryl/α,β-unsaturated/α-hetero) is 1. The molecule has 0 amide bonds. The molecule has 0 radical (unpaired) electrons. The van der Waals surface area contributed by atoms with Crippen LogP contribution in [0.3, 0.4) is 0 Å². The number of hydrogen-bond donors (Lipinski definition) is 1. The summed E-state index contributed by atoms with van der Waals surface area (Å²) in [6, 6.07) is 5.04. The Morgan fingerprint density at radius 1 is 1.29 bits per heavy atom. The first-order valence-corrected chi connectivity index (χ1v) is 8.49. The lowest BCUT2D eigenvalue weighted by atomic mass is 10.1. The molecule has 0 saturated carbocycles. The van der Waals surface area contributed by atoms with E-state index in [-0.39, 0.29) is 19.0 Å². The van der Waals surface area contributed by atoms with Crippen LogP contribution < -0.4 is 4.74 Å². The van der Waals surface area contributed by atoms with Gasteiger partial charge in [-0.2, -0.15) is 0 Å². The molecule has 1 aromatic heterocycles. The molecule has 0 atom stereocenters. The van der Waals surface area contributed by atoms with Crippen LogP contribution in [-0.4, -0.2) is 30.0 Å². The van der Waals surface area contributed by atoms with Crippen molar-refractivity contribution in [1.82, 2.24) is 4.98 Å². The molecule has 5 nitrogen and oxygen atoms in total. The van der Waals surface area contributed by atoms with Crippen LogP contribution in [0.4, 0.5) is 0 Å². The average Bonchev–Trinajstić information content (AvgIpc) is 2.81. The molecule has 0 aliphatic carbocycles. The lowest BCUT2D eigenvalue weighted by Gasteiger charge is -2.08. The number of carbonyl (C=O) groups excluding carboxylic acids is 2. The molecular formula is C17H17BrClNO4. The minimum Gasteiger partial charge on any atom is -0.484 e. The Balaban J connectivity index is 2.15. The van der Waals surface area contributed by atoms with Crippen molar-refractivity contribution in [3.05, 3.63) is 50.2 Å². The topological polar surface area (TPSA) is 68.4 Å². The number of H-pyrrole nitrogens is 1. The molecule has 7 heteroatoms. The second-order valence-electron chi connectivity index (χ2n) is 5.13. The Morgan fingerprint density at radius 3 is 2.62 bits per heavy atom. The standard InChI is InChI=1S/C17H17BrClNO4/c1-4-23-17(22)15-9(2)16(20-10(15)3)13(21)8-24-14-6-5-11(19)7-12(14)18/h5-7,20H,4,8H2,1-3H3. The van der Waals surface area contributed by atoms with Crippen molar-refractivity contribution in [3.63, 3.8) is 0 Å². The Kier molecular flexibility index (Phi) is 6.07. The van der Waals surface area contributed by atoms with E-state index >= 15 is 0 Å². The fourth-order valence-corrected chi connectivity index (χ4v) is 3.14. The first-order valence-electron chi connectivity index (χ1n) is 7.32. The highest BCUT2D eigenvalue weighted by Crippen LogP contribution is 2.28. The molecule has 0 bridgehead atoms. The maximum absolute atomic E-state index is 12.4. The number of ketones is 1. The van der Waals surface area contributed by atoms with Gasteiger partial charge in [0.25, 0.3) is 0 Å². The largest absolute Gasteiger partial charge is 0.484 e. The molecule has 1 heterocycles. The molecule has 0 unspecified atom stereocenters. The molecule has 1 N–H and O–H groups in total. The van der Waals surface area contributed by atoms with Gasteiger partial charge in [0, 0.05) is 10.7 Å². The lowest BCUT2D eigenvalue weighted by Crippen LogP contribution is -2.14. The van der Waals surface area contributed by atoms with Crippen molar-refractivity contribution in [3.8, 4) is 5.75 Å². The van der Waals surface area contributed by atoms with Crippen LogP contribution in [0.2, 0.25) is 5.02 Å². The molecule has 1 aromatic carbocycles. The first kappa shape index (κ1) is 18.5. The van der Waals surface area contributed by atoms with Gasteiger partial charge in [0.05, 0.1) is 22.3 Å². The van der Waals surface area contributed by atoms with Gasteiger partial charge in [-0.05, 0) is 60.5 Å². The molecule has 2 aromatic rings. The number of esters is 1. The van der Waals surface area contributed by atoms with Crippen LogP contribution in [0.15, 0.2) is 22.7 Å². The van der Waals surface area contributed by atoms with Crippen molar-refractivity contribution in [2.75, 3.05) is 13.2 Å². The van der Waals surface area contributed by atoms with Gasteiger partial charge in [0.1, 0.15) is 5.75 Å². The minimum absolute atomic E-state index is 0.163. The SMILES string of the molecule is CCOC(=O)c1c(C)[nH]c(C(=O)COc2ccc(Cl)cc2Br)c1C. The Hall–Kier alpha value is -1.79. The van der Waals surface area contributed by atoms with Gasteiger partial charge >= 0.3 is 5.97 Å². The Labute approximate surface area is 153 Å². The van der Waals surface area contributed by atoms with E-state index in [1.807, 2.05) is 0 Å². The molecule has 2 rings (SSSR count). The monoisotopic (exact) mass is 413 g/mol. The highest BCUT2D eigenvalue weighted by molar-refractivity contribution is 9.10. The summed E-state index contributed by atoms with van der Waals surface area (Å²) in [5, 5.41) is 0.565. The molecule has 0 saturated heterocycles. The highest BCUT2D eigenvalue weighted by Gasteiger charge is 2.23. The fourth-order valence-electron chi connectivity index (χ4n) is 2.35. The first-order chi connectivity index (χ1) is 11.3. The van der Waals surface area contributed by atoms with Crippen LogP contribution in [-0.2, 0) is 4.74 Å². The van der Waals surface area contributed by atoms with E-state index in [1.54, 1.807) is 39.0 Å². The van der Waals surface area contributed by atoms with E-state index in [0.29, 0.717) is 37.8 Å². The van der Waals surface area contributed by atoms with E-state index in [1.165, 1.54) is 0 Å². The molecule has 0 aliphatic heterocycles. The Morgan fingerprint density at radius 2 is 2.00 bits per heavy atom. The summed E-state index contributed by atoms with van der Waals surface area (Å²) < 4.78 is 11.2. The van der Waals surface area contributed by atoms with Crippen LogP contribution >= 0.6 is 27.5 Å². The number of benzene rings is 1. The van der Waals surface area contributed by atoms with Crippen molar-refractivity contribution in [2.45, 2.75) is 20.8 Å². The zero-order valence-corrected chi connectivity index (χ0v) is 15.9. The van der Waals surface area contributed by atoms with Crippen molar-refractivity contribution < 1.29 is 19.1 Å². The van der Waals surface area contributed by atoms with E-state index in [0.717, 1.165) is 0 Å². The average molecular weight is 415 g/mol. The molecular weight excluding hydrogens is 398 g/mol. The Bertz CT molecular complexity index is 785. The molecule has 0 fully saturated rings. The third-order valence-electron chi connectivity index (χ3n) is 3.45. The normalized spacial score (nSPS) is 10.5. The quantitative estimate of drug-likeness (QED) is 0.559. The highest BCUT2D eigenvalue weighted by atomic mass is 79.9. The number of hydrogen-bond acceptors (Lipinski definition) is 4. The minimum atomic E-state index is -0.441. The lowest BCUT2D eigenvalue weighted by molar-refractivity contribution is 0.0525. The van der Waals surface area contributed by atoms with Gasteiger partial charge in [-0.3, -0.25) is 4.79 Å². The van der Waals surface area contributed by atoms with Gasteiger partial charge in [-0.1, -0.05) is 11.6 Å². The number of halogens is 2. The number of aryl methyl sites for hydroxylation is 1. The number of carbonyl (C=O) groups is 2. The summed E-state index contributed by atoms with van der Waals surface area (Å²) in [6.07, 6.45) is 0. The maximum atomic E-state index is 12.4. The molecule has 128 valence electrons. The zero-order valence-electron chi connectivity index (χ0n) is 13.5. The molecule has 0 spiro atoms. The summed E-state index contributed by atoms with van der Waals surface area (Å²) in [6.45, 7) is 5.29. The van der Waals surface area contributed by atoms with Crippen LogP contribution in [0, 0.1) is 13.8 Å². The van der Waals surface area contributed by atoms with Crippen LogP contribution in [0.25, 0.3) is 0 Å². The number of aromatic nitrogens is 1. The fraction of sp³-hybridized carbons (Fsp3) is 0.294. The summed E-state index contributed by atoms with van der Waals surface area (Å²) in [7, 11) is 0. The predicted molar refractivity (Wildman–Crippen MR) is 95.2 cm³/mol. The van der Waals surface area contributed by atoms with Gasteiger partial charge < -0.3 is 14.5 Å². The summed E-state index contributed by atoms with van der Waals surface area (Å²) >= 11 is 9.20. The van der Waals surface area contributed by atoms with E-state index < -0.39 is 5.97 Å². The van der Waals surface area contributed by atoms with Crippen molar-refractivity contribution in [2.24, 2.45) is 0 Å². The van der Waals surface area contributed by atoms with Gasteiger partial charge in [-0.25, -0.2) is 4.79 Å². The molecule has 0 aliphatic rings. The number of aromatic amines is 1. The summed E-state index contributed by atoms with van der Waals surface area (Å²) in [5.41, 5.74) is 1.91. The van der Waals surface area contributed by atoms with E-state index in [4.69, 9.17) is 21.1 Å². The number of nitrogens with one attached hydrogen (secondary N) is 1. The van der Waals surface area contributed by atoms with Gasteiger partial charge in [0.2, 0.25) is 5.78 Å². The maximum Gasteiger partial charge on any atom is 0.340 e. The van der Waals surface area contributed by atoms with Gasteiger partial charge in [0.15, 0.2) is 6.61 Å². The second kappa shape index (κ2) is 7.85. The summed E-state index contributed by atoms with van der Waals surface area (Å²) in [5.74, 6) is -0.184. The van der Waals surface area contributed by atoms with E-state index in [2.05, 4.69) is 20.9 Å². The van der Waals surface area contributed by atoms with Crippen molar-refractivity contribution >= 4 is 39.3 Å². The third kappa shape index (κ3) is 3.99. The number of rotatable bonds is 6. The van der Waals surface area contributed by atoms with Crippen molar-refractivity contribution in [1.29, 1.82) is 0 Å². The third-order valence-corrected chi connectivity index (χ3v) is 4.30. The van der Waals surface area contributed by atoms with E-state index in [9.17, 15) is 9.59 Å². The van der Waals surface area contributed by atoms with Crippen LogP contribution in [0.5, 0.6) is 5.75 Å².